The van der Waals surface area contributed by atoms with Gasteiger partial charge in [-0.3, -0.25) is 0 Å². The molecule has 0 amide bonds. The van der Waals surface area contributed by atoms with Crippen LogP contribution in [0.2, 0.25) is 0 Å². The highest BCUT2D eigenvalue weighted by atomic mass is 32.1. The Labute approximate surface area is 126 Å². The largest absolute Gasteiger partial charge is 0.497 e. The summed E-state index contributed by atoms with van der Waals surface area (Å²) >= 11 is 1.41. The molecule has 1 atom stereocenters. The minimum atomic E-state index is -0.755. The van der Waals surface area contributed by atoms with E-state index in [4.69, 9.17) is 10.5 Å². The summed E-state index contributed by atoms with van der Waals surface area (Å²) in [5, 5.41) is 0.747. The molecule has 0 aliphatic carbocycles. The predicted octanol–water partition coefficient (Wildman–Crippen LogP) is 3.67. The number of thiazole rings is 1. The van der Waals surface area contributed by atoms with Crippen LogP contribution in [-0.4, -0.2) is 12.1 Å². The Hall–Kier alpha value is -1.98. The van der Waals surface area contributed by atoms with Gasteiger partial charge in [0.1, 0.15) is 16.6 Å². The van der Waals surface area contributed by atoms with E-state index in [1.807, 2.05) is 31.2 Å². The van der Waals surface area contributed by atoms with Gasteiger partial charge in [0.2, 0.25) is 0 Å². The molecule has 2 aromatic carbocycles. The fourth-order valence-corrected chi connectivity index (χ4v) is 3.26. The molecule has 1 heterocycles. The van der Waals surface area contributed by atoms with Crippen LogP contribution in [0.5, 0.6) is 5.75 Å². The smallest absolute Gasteiger partial charge is 0.124 e. The van der Waals surface area contributed by atoms with E-state index in [0.717, 1.165) is 26.5 Å². The lowest BCUT2D eigenvalue weighted by Crippen LogP contribution is -2.34. The van der Waals surface area contributed by atoms with Gasteiger partial charge in [-0.25, -0.2) is 9.37 Å². The van der Waals surface area contributed by atoms with Crippen molar-refractivity contribution in [2.75, 3.05) is 7.11 Å². The van der Waals surface area contributed by atoms with Crippen LogP contribution in [0.4, 0.5) is 4.39 Å². The highest BCUT2D eigenvalue weighted by molar-refractivity contribution is 7.18. The molecule has 0 aliphatic heterocycles. The summed E-state index contributed by atoms with van der Waals surface area (Å²) in [6.07, 6.45) is 0. The maximum absolute atomic E-state index is 13.3. The van der Waals surface area contributed by atoms with Crippen molar-refractivity contribution in [2.24, 2.45) is 5.73 Å². The van der Waals surface area contributed by atoms with Crippen molar-refractivity contribution in [1.29, 1.82) is 0 Å². The lowest BCUT2D eigenvalue weighted by atomic mass is 9.94. The molecular formula is C16H15FN2OS. The van der Waals surface area contributed by atoms with Gasteiger partial charge in [-0.1, -0.05) is 12.1 Å². The van der Waals surface area contributed by atoms with Crippen LogP contribution in [0, 0.1) is 5.82 Å². The van der Waals surface area contributed by atoms with Crippen LogP contribution >= 0.6 is 11.3 Å². The molecule has 0 aliphatic rings. The summed E-state index contributed by atoms with van der Waals surface area (Å²) in [5.41, 5.74) is 7.39. The number of hydrogen-bond acceptors (Lipinski definition) is 4. The molecule has 1 aromatic heterocycles. The molecule has 3 nitrogen and oxygen atoms in total. The van der Waals surface area contributed by atoms with E-state index in [0.29, 0.717) is 0 Å². The van der Waals surface area contributed by atoms with Crippen LogP contribution in [0.3, 0.4) is 0 Å². The van der Waals surface area contributed by atoms with Gasteiger partial charge < -0.3 is 10.5 Å². The predicted molar refractivity (Wildman–Crippen MR) is 83.2 cm³/mol. The van der Waals surface area contributed by atoms with Crippen molar-refractivity contribution in [3.8, 4) is 5.75 Å². The molecule has 0 bridgehead atoms. The summed E-state index contributed by atoms with van der Waals surface area (Å²) in [6, 6.07) is 12.2. The zero-order valence-electron chi connectivity index (χ0n) is 11.8. The first-order valence-corrected chi connectivity index (χ1v) is 7.32. The first kappa shape index (κ1) is 14.0. The topological polar surface area (TPSA) is 48.1 Å². The number of rotatable bonds is 3. The van der Waals surface area contributed by atoms with E-state index < -0.39 is 5.54 Å². The third kappa shape index (κ3) is 2.50. The second kappa shape index (κ2) is 5.09. The van der Waals surface area contributed by atoms with Crippen molar-refractivity contribution in [1.82, 2.24) is 4.98 Å². The number of nitrogens with zero attached hydrogens (tertiary/aromatic N) is 1. The molecular weight excluding hydrogens is 287 g/mol. The van der Waals surface area contributed by atoms with E-state index in [1.165, 1.54) is 23.5 Å². The molecule has 108 valence electrons. The highest BCUT2D eigenvalue weighted by Gasteiger charge is 2.28. The molecule has 0 saturated carbocycles. The van der Waals surface area contributed by atoms with Gasteiger partial charge in [0.05, 0.1) is 22.9 Å². The molecule has 3 aromatic rings. The monoisotopic (exact) mass is 302 g/mol. The van der Waals surface area contributed by atoms with Gasteiger partial charge in [-0.2, -0.15) is 0 Å². The van der Waals surface area contributed by atoms with E-state index in [2.05, 4.69) is 4.98 Å². The Bertz CT molecular complexity index is 798. The Morgan fingerprint density at radius 3 is 2.81 bits per heavy atom. The number of fused-ring (bicyclic) bond motifs is 1. The fourth-order valence-electron chi connectivity index (χ4n) is 2.19. The average molecular weight is 302 g/mol. The van der Waals surface area contributed by atoms with Gasteiger partial charge >= 0.3 is 0 Å². The van der Waals surface area contributed by atoms with E-state index >= 15 is 0 Å². The molecule has 1 unspecified atom stereocenters. The zero-order valence-corrected chi connectivity index (χ0v) is 12.6. The summed E-state index contributed by atoms with van der Waals surface area (Å²) in [6.45, 7) is 1.90. The number of nitrogens with two attached hydrogens (primary N) is 1. The molecule has 5 heteroatoms. The second-order valence-electron chi connectivity index (χ2n) is 5.07. The van der Waals surface area contributed by atoms with Gasteiger partial charge in [0.25, 0.3) is 0 Å². The first-order valence-electron chi connectivity index (χ1n) is 6.50. The molecule has 0 fully saturated rings. The number of halogens is 1. The summed E-state index contributed by atoms with van der Waals surface area (Å²) in [5.74, 6) is 0.481. The standard InChI is InChI=1S/C16H15FN2OS/c1-16(18,10-4-3-5-12(8-10)20-2)15-19-13-7-6-11(17)9-14(13)21-15/h3-9H,18H2,1-2H3. The van der Waals surface area contributed by atoms with Crippen molar-refractivity contribution in [3.05, 3.63) is 58.9 Å². The number of ether oxygens (including phenoxy) is 1. The summed E-state index contributed by atoms with van der Waals surface area (Å²) in [4.78, 5) is 4.54. The van der Waals surface area contributed by atoms with Gasteiger partial charge in [-0.05, 0) is 42.8 Å². The zero-order chi connectivity index (χ0) is 15.0. The molecule has 0 spiro atoms. The van der Waals surface area contributed by atoms with Crippen LogP contribution in [0.15, 0.2) is 42.5 Å². The van der Waals surface area contributed by atoms with Gasteiger partial charge in [0.15, 0.2) is 0 Å². The quantitative estimate of drug-likeness (QED) is 0.803. The van der Waals surface area contributed by atoms with Crippen LogP contribution in [0.1, 0.15) is 17.5 Å². The Morgan fingerprint density at radius 2 is 2.05 bits per heavy atom. The van der Waals surface area contributed by atoms with E-state index in [9.17, 15) is 4.39 Å². The number of benzene rings is 2. The Morgan fingerprint density at radius 1 is 1.24 bits per heavy atom. The third-order valence-electron chi connectivity index (χ3n) is 3.46. The SMILES string of the molecule is COc1cccc(C(C)(N)c2nc3ccc(F)cc3s2)c1. The minimum absolute atomic E-state index is 0.266. The summed E-state index contributed by atoms with van der Waals surface area (Å²) < 4.78 is 19.3. The van der Waals surface area contributed by atoms with Crippen molar-refractivity contribution in [3.63, 3.8) is 0 Å². The van der Waals surface area contributed by atoms with Crippen LogP contribution in [-0.2, 0) is 5.54 Å². The first-order chi connectivity index (χ1) is 10.0. The molecule has 0 radical (unpaired) electrons. The number of hydrogen-bond donors (Lipinski definition) is 1. The van der Waals surface area contributed by atoms with Crippen molar-refractivity contribution < 1.29 is 9.13 Å². The molecule has 0 saturated heterocycles. The van der Waals surface area contributed by atoms with E-state index in [-0.39, 0.29) is 5.82 Å². The van der Waals surface area contributed by atoms with E-state index in [1.54, 1.807) is 13.2 Å². The second-order valence-corrected chi connectivity index (χ2v) is 6.10. The molecule has 3 rings (SSSR count). The molecule has 21 heavy (non-hydrogen) atoms. The van der Waals surface area contributed by atoms with Crippen LogP contribution < -0.4 is 10.5 Å². The summed E-state index contributed by atoms with van der Waals surface area (Å²) in [7, 11) is 1.62. The Balaban J connectivity index is 2.09. The Kier molecular flexibility index (Phi) is 3.39. The van der Waals surface area contributed by atoms with Crippen LogP contribution in [0.25, 0.3) is 10.2 Å². The maximum atomic E-state index is 13.3. The highest BCUT2D eigenvalue weighted by Crippen LogP contribution is 2.34. The fraction of sp³-hybridized carbons (Fsp3) is 0.188. The van der Waals surface area contributed by atoms with Crippen molar-refractivity contribution in [2.45, 2.75) is 12.5 Å². The lowest BCUT2D eigenvalue weighted by molar-refractivity contribution is 0.413. The molecule has 2 N–H and O–H groups in total. The number of aromatic nitrogens is 1. The maximum Gasteiger partial charge on any atom is 0.124 e. The lowest BCUT2D eigenvalue weighted by Gasteiger charge is -2.23. The third-order valence-corrected chi connectivity index (χ3v) is 4.72. The minimum Gasteiger partial charge on any atom is -0.497 e. The number of methoxy groups -OCH3 is 1. The van der Waals surface area contributed by atoms with Gasteiger partial charge in [0, 0.05) is 0 Å². The normalized spacial score (nSPS) is 14.1. The van der Waals surface area contributed by atoms with Crippen molar-refractivity contribution >= 4 is 21.6 Å². The average Bonchev–Trinajstić information content (AvgIpc) is 2.91. The van der Waals surface area contributed by atoms with Gasteiger partial charge in [-0.15, -0.1) is 11.3 Å².